The lowest BCUT2D eigenvalue weighted by molar-refractivity contribution is 0.681. The Morgan fingerprint density at radius 3 is 2.46 bits per heavy atom. The molecule has 0 aliphatic carbocycles. The quantitative estimate of drug-likeness (QED) is 0.813. The van der Waals surface area contributed by atoms with Gasteiger partial charge >= 0.3 is 0 Å². The van der Waals surface area contributed by atoms with Gasteiger partial charge in [0.2, 0.25) is 0 Å². The molecule has 0 aromatic heterocycles. The van der Waals surface area contributed by atoms with Gasteiger partial charge in [-0.15, -0.1) is 0 Å². The van der Waals surface area contributed by atoms with Gasteiger partial charge in [-0.3, -0.25) is 4.21 Å². The highest BCUT2D eigenvalue weighted by Crippen LogP contribution is 2.11. The summed E-state index contributed by atoms with van der Waals surface area (Å²) in [4.78, 5) is 0. The lowest BCUT2D eigenvalue weighted by atomic mass is 10.2. The smallest absolute Gasteiger partial charge is 0.0485 e. The normalized spacial score (nSPS) is 12.8. The van der Waals surface area contributed by atoms with Crippen molar-refractivity contribution in [2.45, 2.75) is 19.1 Å². The van der Waals surface area contributed by atoms with E-state index in [-0.39, 0.29) is 0 Å². The zero-order valence-electron chi connectivity index (χ0n) is 7.63. The van der Waals surface area contributed by atoms with Crippen molar-refractivity contribution in [3.05, 3.63) is 34.3 Å². The maximum Gasteiger partial charge on any atom is 0.0485 e. The van der Waals surface area contributed by atoms with Gasteiger partial charge in [0.25, 0.3) is 0 Å². The number of halogens is 1. The van der Waals surface area contributed by atoms with E-state index in [1.54, 1.807) is 0 Å². The fraction of sp³-hybridized carbons (Fsp3) is 0.400. The molecule has 1 aromatic rings. The van der Waals surface area contributed by atoms with E-state index in [2.05, 4.69) is 22.9 Å². The SMILES string of the molecule is CCCS(=O)Cc1ccc(Br)cc1. The van der Waals surface area contributed by atoms with Crippen LogP contribution in [0.4, 0.5) is 0 Å². The van der Waals surface area contributed by atoms with Gasteiger partial charge < -0.3 is 0 Å². The number of hydrogen-bond donors (Lipinski definition) is 0. The van der Waals surface area contributed by atoms with Gasteiger partial charge in [0.15, 0.2) is 0 Å². The zero-order chi connectivity index (χ0) is 9.68. The average molecular weight is 261 g/mol. The lowest BCUT2D eigenvalue weighted by Gasteiger charge is -2.00. The maximum absolute atomic E-state index is 11.4. The van der Waals surface area contributed by atoms with Crippen molar-refractivity contribution in [1.82, 2.24) is 0 Å². The predicted molar refractivity (Wildman–Crippen MR) is 61.1 cm³/mol. The van der Waals surface area contributed by atoms with Crippen LogP contribution in [0.25, 0.3) is 0 Å². The first-order chi connectivity index (χ1) is 6.22. The van der Waals surface area contributed by atoms with Crippen molar-refractivity contribution in [3.8, 4) is 0 Å². The van der Waals surface area contributed by atoms with Gasteiger partial charge in [-0.1, -0.05) is 35.0 Å². The lowest BCUT2D eigenvalue weighted by Crippen LogP contribution is -1.99. The molecule has 1 aromatic carbocycles. The molecule has 0 spiro atoms. The van der Waals surface area contributed by atoms with Gasteiger partial charge in [-0.25, -0.2) is 0 Å². The number of hydrogen-bond acceptors (Lipinski definition) is 1. The van der Waals surface area contributed by atoms with Crippen LogP contribution in [0.1, 0.15) is 18.9 Å². The van der Waals surface area contributed by atoms with Crippen LogP contribution in [0.3, 0.4) is 0 Å². The molecule has 1 rings (SSSR count). The molecule has 0 saturated carbocycles. The Bertz CT molecular complexity index is 281. The van der Waals surface area contributed by atoms with E-state index in [1.165, 1.54) is 0 Å². The average Bonchev–Trinajstić information content (AvgIpc) is 2.09. The molecule has 72 valence electrons. The Morgan fingerprint density at radius 2 is 1.92 bits per heavy atom. The third-order valence-electron chi connectivity index (χ3n) is 1.67. The highest BCUT2D eigenvalue weighted by molar-refractivity contribution is 9.10. The summed E-state index contributed by atoms with van der Waals surface area (Å²) in [5.41, 5.74) is 1.15. The van der Waals surface area contributed by atoms with Crippen molar-refractivity contribution in [1.29, 1.82) is 0 Å². The summed E-state index contributed by atoms with van der Waals surface area (Å²) in [6.45, 7) is 2.06. The highest BCUT2D eigenvalue weighted by Gasteiger charge is 1.99. The number of benzene rings is 1. The summed E-state index contributed by atoms with van der Waals surface area (Å²) in [6, 6.07) is 7.99. The summed E-state index contributed by atoms with van der Waals surface area (Å²) >= 11 is 3.37. The minimum atomic E-state index is -0.693. The fourth-order valence-corrected chi connectivity index (χ4v) is 2.49. The first-order valence-corrected chi connectivity index (χ1v) is 6.60. The molecule has 0 saturated heterocycles. The summed E-state index contributed by atoms with van der Waals surface area (Å²) in [7, 11) is -0.693. The van der Waals surface area contributed by atoms with Crippen LogP contribution >= 0.6 is 15.9 Å². The minimum Gasteiger partial charge on any atom is -0.259 e. The summed E-state index contributed by atoms with van der Waals surface area (Å²) in [6.07, 6.45) is 0.989. The molecule has 0 aliphatic rings. The summed E-state index contributed by atoms with van der Waals surface area (Å²) in [5.74, 6) is 1.48. The Labute approximate surface area is 90.1 Å². The molecule has 13 heavy (non-hydrogen) atoms. The van der Waals surface area contributed by atoms with Crippen molar-refractivity contribution in [2.75, 3.05) is 5.75 Å². The van der Waals surface area contributed by atoms with E-state index in [4.69, 9.17) is 0 Å². The van der Waals surface area contributed by atoms with Crippen LogP contribution in [0.5, 0.6) is 0 Å². The van der Waals surface area contributed by atoms with Crippen molar-refractivity contribution < 1.29 is 4.21 Å². The first kappa shape index (κ1) is 10.9. The van der Waals surface area contributed by atoms with Crippen LogP contribution in [-0.2, 0) is 16.6 Å². The molecular weight excluding hydrogens is 248 g/mol. The largest absolute Gasteiger partial charge is 0.259 e. The van der Waals surface area contributed by atoms with Crippen LogP contribution in [0.2, 0.25) is 0 Å². The number of rotatable bonds is 4. The molecular formula is C10H13BrOS. The van der Waals surface area contributed by atoms with Crippen LogP contribution in [0.15, 0.2) is 28.7 Å². The van der Waals surface area contributed by atoms with E-state index >= 15 is 0 Å². The molecule has 0 N–H and O–H groups in total. The molecule has 0 radical (unpaired) electrons. The summed E-state index contributed by atoms with van der Waals surface area (Å²) < 4.78 is 12.5. The Morgan fingerprint density at radius 1 is 1.31 bits per heavy atom. The molecule has 1 atom stereocenters. The van der Waals surface area contributed by atoms with Crippen LogP contribution < -0.4 is 0 Å². The third-order valence-corrected chi connectivity index (χ3v) is 3.72. The van der Waals surface area contributed by atoms with Crippen molar-refractivity contribution in [2.24, 2.45) is 0 Å². The van der Waals surface area contributed by atoms with Gasteiger partial charge in [-0.05, 0) is 24.1 Å². The maximum atomic E-state index is 11.4. The van der Waals surface area contributed by atoms with E-state index < -0.39 is 10.8 Å². The van der Waals surface area contributed by atoms with E-state index in [0.29, 0.717) is 5.75 Å². The highest BCUT2D eigenvalue weighted by atomic mass is 79.9. The van der Waals surface area contributed by atoms with E-state index in [0.717, 1.165) is 22.2 Å². The molecule has 1 unspecified atom stereocenters. The van der Waals surface area contributed by atoms with Gasteiger partial charge in [0, 0.05) is 26.8 Å². The first-order valence-electron chi connectivity index (χ1n) is 4.32. The molecule has 3 heteroatoms. The second kappa shape index (κ2) is 5.55. The Balaban J connectivity index is 2.54. The minimum absolute atomic E-state index is 0.682. The monoisotopic (exact) mass is 260 g/mol. The van der Waals surface area contributed by atoms with Crippen LogP contribution in [-0.4, -0.2) is 9.96 Å². The fourth-order valence-electron chi connectivity index (χ4n) is 1.07. The standard InChI is InChI=1S/C10H13BrOS/c1-2-7-13(12)8-9-3-5-10(11)6-4-9/h3-6H,2,7-8H2,1H3. The van der Waals surface area contributed by atoms with Crippen LogP contribution in [0, 0.1) is 0 Å². The predicted octanol–water partition coefficient (Wildman–Crippen LogP) is 3.11. The summed E-state index contributed by atoms with van der Waals surface area (Å²) in [5, 5.41) is 0. The molecule has 0 heterocycles. The Kier molecular flexibility index (Phi) is 4.67. The topological polar surface area (TPSA) is 17.1 Å². The molecule has 1 nitrogen and oxygen atoms in total. The van der Waals surface area contributed by atoms with Gasteiger partial charge in [0.05, 0.1) is 0 Å². The second-order valence-corrected chi connectivity index (χ2v) is 5.41. The third kappa shape index (κ3) is 4.05. The molecule has 0 aliphatic heterocycles. The van der Waals surface area contributed by atoms with Crippen molar-refractivity contribution >= 4 is 26.7 Å². The Hall–Kier alpha value is -0.150. The van der Waals surface area contributed by atoms with Gasteiger partial charge in [0.1, 0.15) is 0 Å². The van der Waals surface area contributed by atoms with Gasteiger partial charge in [-0.2, -0.15) is 0 Å². The molecule has 0 amide bonds. The molecule has 0 fully saturated rings. The molecule has 0 bridgehead atoms. The second-order valence-electron chi connectivity index (χ2n) is 2.91. The van der Waals surface area contributed by atoms with Crippen molar-refractivity contribution in [3.63, 3.8) is 0 Å². The zero-order valence-corrected chi connectivity index (χ0v) is 10.0. The van der Waals surface area contributed by atoms with E-state index in [1.807, 2.05) is 24.3 Å². The van der Waals surface area contributed by atoms with E-state index in [9.17, 15) is 4.21 Å².